The van der Waals surface area contributed by atoms with Crippen molar-refractivity contribution in [3.8, 4) is 5.75 Å². The average molecular weight is 397 g/mol. The number of hydrogen-bond acceptors (Lipinski definition) is 6. The highest BCUT2D eigenvalue weighted by molar-refractivity contribution is 5.78. The van der Waals surface area contributed by atoms with Crippen LogP contribution in [-0.2, 0) is 0 Å². The SMILES string of the molecule is COc1cccc(Nc2ncnc(NC(c3ccccc3)c3ccccc3)c2N)c1. The Morgan fingerprint density at radius 1 is 0.800 bits per heavy atom. The fraction of sp³-hybridized carbons (Fsp3) is 0.0833. The summed E-state index contributed by atoms with van der Waals surface area (Å²) in [6.45, 7) is 0. The number of anilines is 4. The van der Waals surface area contributed by atoms with Gasteiger partial charge in [-0.1, -0.05) is 66.7 Å². The number of benzene rings is 3. The topological polar surface area (TPSA) is 85.1 Å². The molecule has 0 atom stereocenters. The van der Waals surface area contributed by atoms with Crippen molar-refractivity contribution in [1.29, 1.82) is 0 Å². The number of nitrogens with one attached hydrogen (secondary N) is 2. The Morgan fingerprint density at radius 2 is 1.43 bits per heavy atom. The second kappa shape index (κ2) is 8.96. The summed E-state index contributed by atoms with van der Waals surface area (Å²) in [5.41, 5.74) is 9.92. The second-order valence-electron chi connectivity index (χ2n) is 6.74. The number of ether oxygens (including phenoxy) is 1. The Balaban J connectivity index is 1.65. The fourth-order valence-electron chi connectivity index (χ4n) is 3.23. The van der Waals surface area contributed by atoms with Gasteiger partial charge in [0.2, 0.25) is 0 Å². The predicted octanol–water partition coefficient (Wildman–Crippen LogP) is 5.01. The second-order valence-corrected chi connectivity index (χ2v) is 6.74. The van der Waals surface area contributed by atoms with Gasteiger partial charge in [0, 0.05) is 11.8 Å². The molecule has 0 aliphatic rings. The quantitative estimate of drug-likeness (QED) is 0.406. The molecule has 4 rings (SSSR count). The lowest BCUT2D eigenvalue weighted by molar-refractivity contribution is 0.415. The number of methoxy groups -OCH3 is 1. The Labute approximate surface area is 175 Å². The lowest BCUT2D eigenvalue weighted by Gasteiger charge is -2.22. The zero-order chi connectivity index (χ0) is 20.8. The molecule has 6 nitrogen and oxygen atoms in total. The van der Waals surface area contributed by atoms with E-state index in [0.717, 1.165) is 22.6 Å². The molecular weight excluding hydrogens is 374 g/mol. The zero-order valence-corrected chi connectivity index (χ0v) is 16.6. The van der Waals surface area contributed by atoms with E-state index in [1.54, 1.807) is 7.11 Å². The van der Waals surface area contributed by atoms with Gasteiger partial charge >= 0.3 is 0 Å². The number of rotatable bonds is 7. The van der Waals surface area contributed by atoms with E-state index in [4.69, 9.17) is 10.5 Å². The molecule has 4 aromatic rings. The van der Waals surface area contributed by atoms with E-state index in [1.165, 1.54) is 6.33 Å². The molecule has 0 fully saturated rings. The molecule has 6 heteroatoms. The van der Waals surface area contributed by atoms with E-state index in [1.807, 2.05) is 60.7 Å². The number of nitrogens with two attached hydrogens (primary N) is 1. The van der Waals surface area contributed by atoms with Crippen LogP contribution in [0.25, 0.3) is 0 Å². The minimum absolute atomic E-state index is 0.103. The maximum absolute atomic E-state index is 6.42. The first-order valence-electron chi connectivity index (χ1n) is 9.62. The summed E-state index contributed by atoms with van der Waals surface area (Å²) in [5.74, 6) is 1.84. The first kappa shape index (κ1) is 19.3. The summed E-state index contributed by atoms with van der Waals surface area (Å²) in [5, 5.41) is 6.73. The molecular formula is C24H23N5O. The van der Waals surface area contributed by atoms with E-state index >= 15 is 0 Å². The standard InChI is InChI=1S/C24H23N5O/c1-30-20-14-8-13-19(15-20)28-23-21(25)24(27-16-26-23)29-22(17-9-4-2-5-10-17)18-11-6-3-7-12-18/h2-16,22H,25H2,1H3,(H2,26,27,28,29). The van der Waals surface area contributed by atoms with E-state index in [9.17, 15) is 0 Å². The molecule has 0 aliphatic carbocycles. The van der Waals surface area contributed by atoms with Crippen molar-refractivity contribution in [2.24, 2.45) is 0 Å². The molecule has 0 amide bonds. The molecule has 1 aromatic heterocycles. The van der Waals surface area contributed by atoms with E-state index in [-0.39, 0.29) is 6.04 Å². The van der Waals surface area contributed by atoms with Crippen LogP contribution in [0.4, 0.5) is 23.0 Å². The highest BCUT2D eigenvalue weighted by Gasteiger charge is 2.17. The van der Waals surface area contributed by atoms with Crippen LogP contribution in [0.3, 0.4) is 0 Å². The molecule has 0 saturated carbocycles. The molecule has 1 heterocycles. The van der Waals surface area contributed by atoms with Crippen LogP contribution < -0.4 is 21.1 Å². The maximum Gasteiger partial charge on any atom is 0.159 e. The van der Waals surface area contributed by atoms with Gasteiger partial charge in [-0.25, -0.2) is 9.97 Å². The number of nitrogen functional groups attached to an aromatic ring is 1. The highest BCUT2D eigenvalue weighted by atomic mass is 16.5. The van der Waals surface area contributed by atoms with Crippen LogP contribution in [0, 0.1) is 0 Å². The minimum Gasteiger partial charge on any atom is -0.497 e. The Kier molecular flexibility index (Phi) is 5.75. The normalized spacial score (nSPS) is 10.6. The van der Waals surface area contributed by atoms with Gasteiger partial charge in [0.25, 0.3) is 0 Å². The van der Waals surface area contributed by atoms with Gasteiger partial charge in [0.15, 0.2) is 11.6 Å². The first-order chi connectivity index (χ1) is 14.7. The lowest BCUT2D eigenvalue weighted by atomic mass is 9.99. The van der Waals surface area contributed by atoms with Gasteiger partial charge in [-0.15, -0.1) is 0 Å². The third kappa shape index (κ3) is 4.33. The summed E-state index contributed by atoms with van der Waals surface area (Å²) in [6.07, 6.45) is 1.49. The molecule has 0 unspecified atom stereocenters. The van der Waals surface area contributed by atoms with Gasteiger partial charge in [0.05, 0.1) is 13.2 Å². The van der Waals surface area contributed by atoms with E-state index in [0.29, 0.717) is 17.3 Å². The van der Waals surface area contributed by atoms with Gasteiger partial charge in [-0.05, 0) is 23.3 Å². The zero-order valence-electron chi connectivity index (χ0n) is 16.6. The number of nitrogens with zero attached hydrogens (tertiary/aromatic N) is 2. The molecule has 30 heavy (non-hydrogen) atoms. The van der Waals surface area contributed by atoms with Crippen molar-refractivity contribution in [2.75, 3.05) is 23.5 Å². The van der Waals surface area contributed by atoms with Gasteiger partial charge < -0.3 is 21.1 Å². The van der Waals surface area contributed by atoms with Crippen LogP contribution in [0.1, 0.15) is 17.2 Å². The summed E-state index contributed by atoms with van der Waals surface area (Å²) in [6, 6.07) is 27.9. The van der Waals surface area contributed by atoms with Crippen LogP contribution in [0.15, 0.2) is 91.3 Å². The van der Waals surface area contributed by atoms with Crippen molar-refractivity contribution >= 4 is 23.0 Å². The molecule has 0 radical (unpaired) electrons. The summed E-state index contributed by atoms with van der Waals surface area (Å²) in [4.78, 5) is 8.71. The average Bonchev–Trinajstić information content (AvgIpc) is 2.81. The lowest BCUT2D eigenvalue weighted by Crippen LogP contribution is -2.15. The van der Waals surface area contributed by atoms with Gasteiger partial charge in [-0.3, -0.25) is 0 Å². The Bertz CT molecular complexity index is 1060. The van der Waals surface area contributed by atoms with Crippen LogP contribution in [0.5, 0.6) is 5.75 Å². The number of aromatic nitrogens is 2. The molecule has 0 spiro atoms. The van der Waals surface area contributed by atoms with Crippen molar-refractivity contribution in [3.05, 3.63) is 102 Å². The summed E-state index contributed by atoms with van der Waals surface area (Å²) in [7, 11) is 1.63. The van der Waals surface area contributed by atoms with Crippen LogP contribution >= 0.6 is 0 Å². The fourth-order valence-corrected chi connectivity index (χ4v) is 3.23. The van der Waals surface area contributed by atoms with Crippen molar-refractivity contribution in [1.82, 2.24) is 9.97 Å². The molecule has 3 aromatic carbocycles. The maximum atomic E-state index is 6.42. The van der Waals surface area contributed by atoms with Gasteiger partial charge in [0.1, 0.15) is 17.8 Å². The van der Waals surface area contributed by atoms with E-state index in [2.05, 4.69) is 44.9 Å². The summed E-state index contributed by atoms with van der Waals surface area (Å²) >= 11 is 0. The van der Waals surface area contributed by atoms with Crippen molar-refractivity contribution in [3.63, 3.8) is 0 Å². The predicted molar refractivity (Wildman–Crippen MR) is 121 cm³/mol. The molecule has 0 saturated heterocycles. The minimum atomic E-state index is -0.103. The molecule has 150 valence electrons. The van der Waals surface area contributed by atoms with Gasteiger partial charge in [-0.2, -0.15) is 0 Å². The third-order valence-corrected chi connectivity index (χ3v) is 4.76. The molecule has 4 N–H and O–H groups in total. The van der Waals surface area contributed by atoms with Crippen LogP contribution in [-0.4, -0.2) is 17.1 Å². The Morgan fingerprint density at radius 3 is 2.07 bits per heavy atom. The molecule has 0 aliphatic heterocycles. The third-order valence-electron chi connectivity index (χ3n) is 4.76. The van der Waals surface area contributed by atoms with Crippen LogP contribution in [0.2, 0.25) is 0 Å². The highest BCUT2D eigenvalue weighted by Crippen LogP contribution is 2.32. The Hall–Kier alpha value is -4.06. The molecule has 0 bridgehead atoms. The van der Waals surface area contributed by atoms with Crippen molar-refractivity contribution in [2.45, 2.75) is 6.04 Å². The van der Waals surface area contributed by atoms with E-state index < -0.39 is 0 Å². The number of hydrogen-bond donors (Lipinski definition) is 3. The first-order valence-corrected chi connectivity index (χ1v) is 9.62. The smallest absolute Gasteiger partial charge is 0.159 e. The largest absolute Gasteiger partial charge is 0.497 e. The monoisotopic (exact) mass is 397 g/mol. The van der Waals surface area contributed by atoms with Crippen molar-refractivity contribution < 1.29 is 4.74 Å². The summed E-state index contributed by atoms with van der Waals surface area (Å²) < 4.78 is 5.28.